The Morgan fingerprint density at radius 3 is 2.09 bits per heavy atom. The minimum Gasteiger partial charge on any atom is -0.505 e. The summed E-state index contributed by atoms with van der Waals surface area (Å²) in [5.41, 5.74) is 0.413. The first-order chi connectivity index (χ1) is 24.9. The molecule has 17 nitrogen and oxygen atoms in total. The maximum absolute atomic E-state index is 13.7. The second kappa shape index (κ2) is 15.0. The molecule has 0 spiro atoms. The van der Waals surface area contributed by atoms with Gasteiger partial charge in [0.15, 0.2) is 11.4 Å². The van der Waals surface area contributed by atoms with Crippen LogP contribution in [0.3, 0.4) is 0 Å². The first-order valence-corrected chi connectivity index (χ1v) is 18.1. The molecule has 0 fully saturated rings. The topological polar surface area (TPSA) is 219 Å². The van der Waals surface area contributed by atoms with E-state index in [1.807, 2.05) is 31.1 Å². The second-order valence-corrected chi connectivity index (χ2v) is 14.3. The number of benzene rings is 4. The Morgan fingerprint density at radius 1 is 0.830 bits per heavy atom. The lowest BCUT2D eigenvalue weighted by atomic mass is 10.0. The van der Waals surface area contributed by atoms with Crippen LogP contribution in [0.15, 0.2) is 81.9 Å². The van der Waals surface area contributed by atoms with Gasteiger partial charge >= 0.3 is 12.2 Å². The van der Waals surface area contributed by atoms with E-state index in [4.69, 9.17) is 8.92 Å². The van der Waals surface area contributed by atoms with Gasteiger partial charge in [0.25, 0.3) is 20.2 Å². The summed E-state index contributed by atoms with van der Waals surface area (Å²) in [6.45, 7) is 0. The Hall–Kier alpha value is -5.84. The Morgan fingerprint density at radius 2 is 1.47 bits per heavy atom. The van der Waals surface area contributed by atoms with E-state index in [0.717, 1.165) is 43.1 Å². The fourth-order valence-electron chi connectivity index (χ4n) is 4.84. The molecule has 280 valence electrons. The van der Waals surface area contributed by atoms with Crippen molar-refractivity contribution in [3.63, 3.8) is 0 Å². The van der Waals surface area contributed by atoms with E-state index in [1.54, 1.807) is 12.1 Å². The van der Waals surface area contributed by atoms with Crippen LogP contribution in [0.25, 0.3) is 10.8 Å². The number of phenolic OH excluding ortho intramolecular Hbond substituents is 1. The Balaban J connectivity index is 1.73. The number of methoxy groups -OCH3 is 1. The highest BCUT2D eigenvalue weighted by Gasteiger charge is 2.33. The molecule has 4 aromatic carbocycles. The van der Waals surface area contributed by atoms with Gasteiger partial charge in [0.1, 0.15) is 4.90 Å². The quantitative estimate of drug-likeness (QED) is 0.0580. The minimum atomic E-state index is -4.84. The number of halogens is 3. The Bertz CT molecular complexity index is 2430. The van der Waals surface area contributed by atoms with Crippen molar-refractivity contribution in [1.29, 1.82) is 0 Å². The van der Waals surface area contributed by atoms with Gasteiger partial charge in [-0.05, 0) is 42.5 Å². The Kier molecular flexibility index (Phi) is 10.9. The van der Waals surface area contributed by atoms with Crippen LogP contribution in [0.4, 0.5) is 59.2 Å². The maximum atomic E-state index is 13.7. The molecule has 0 amide bonds. The van der Waals surface area contributed by atoms with Crippen LogP contribution in [0, 0.1) is 0 Å². The molecule has 0 aliphatic carbocycles. The monoisotopic (exact) mass is 777 g/mol. The highest BCUT2D eigenvalue weighted by molar-refractivity contribution is 7.87. The summed E-state index contributed by atoms with van der Waals surface area (Å²) in [6.07, 6.45) is -4.16. The van der Waals surface area contributed by atoms with Gasteiger partial charge in [0, 0.05) is 19.5 Å². The molecule has 0 saturated carbocycles. The molecule has 5 aromatic rings. The lowest BCUT2D eigenvalue weighted by molar-refractivity contribution is -0.137. The molecule has 1 aromatic heterocycles. The summed E-state index contributed by atoms with van der Waals surface area (Å²) in [7, 11) is -2.90. The first-order valence-electron chi connectivity index (χ1n) is 14.9. The second-order valence-electron chi connectivity index (χ2n) is 11.0. The number of anilines is 6. The van der Waals surface area contributed by atoms with Gasteiger partial charge in [-0.3, -0.25) is 4.18 Å². The summed E-state index contributed by atoms with van der Waals surface area (Å²) < 4.78 is 106. The molecule has 4 N–H and O–H groups in total. The van der Waals surface area contributed by atoms with Gasteiger partial charge in [-0.2, -0.15) is 49.2 Å². The van der Waals surface area contributed by atoms with Gasteiger partial charge in [0.2, 0.25) is 11.9 Å². The zero-order chi connectivity index (χ0) is 38.7. The van der Waals surface area contributed by atoms with Crippen molar-refractivity contribution in [1.82, 2.24) is 15.0 Å². The van der Waals surface area contributed by atoms with Gasteiger partial charge < -0.3 is 25.4 Å². The third-order valence-electron chi connectivity index (χ3n) is 7.15. The molecule has 0 atom stereocenters. The third kappa shape index (κ3) is 8.80. The van der Waals surface area contributed by atoms with Crippen molar-refractivity contribution in [2.75, 3.05) is 55.6 Å². The number of aromatic nitrogens is 3. The largest absolute Gasteiger partial charge is 0.505 e. The van der Waals surface area contributed by atoms with E-state index in [2.05, 4.69) is 45.6 Å². The molecule has 1 heterocycles. The predicted octanol–water partition coefficient (Wildman–Crippen LogP) is 6.36. The lowest BCUT2D eigenvalue weighted by Gasteiger charge is -2.18. The Labute approximate surface area is 300 Å². The van der Waals surface area contributed by atoms with E-state index in [0.29, 0.717) is 11.9 Å². The van der Waals surface area contributed by atoms with Gasteiger partial charge in [0.05, 0.1) is 59.9 Å². The molecule has 53 heavy (non-hydrogen) atoms. The average molecular weight is 778 g/mol. The molecule has 5 rings (SSSR count). The number of nitrogens with one attached hydrogen (secondary N) is 3. The molecule has 0 saturated heterocycles. The van der Waals surface area contributed by atoms with Crippen LogP contribution >= 0.6 is 0 Å². The molecule has 0 unspecified atom stereocenters. The SMILES string of the molecule is COc1nc(Nc2ccccc2N(C)C)nc(Nc2ccc(S(=O)(=O)OC)c3cc(NOS(C)(=O)=O)c(N=Nc4ccccc4C(F)(F)F)c(O)c23)n1. The van der Waals surface area contributed by atoms with Crippen LogP contribution in [-0.2, 0) is 34.9 Å². The molecule has 0 aliphatic rings. The first kappa shape index (κ1) is 38.4. The van der Waals surface area contributed by atoms with Crippen LogP contribution in [0.2, 0.25) is 0 Å². The summed E-state index contributed by atoms with van der Waals surface area (Å²) in [5, 5.41) is 24.6. The summed E-state index contributed by atoms with van der Waals surface area (Å²) >= 11 is 0. The predicted molar refractivity (Wildman–Crippen MR) is 189 cm³/mol. The molecular weight excluding hydrogens is 748 g/mol. The number of para-hydroxylation sites is 2. The molecule has 0 aliphatic heterocycles. The van der Waals surface area contributed by atoms with E-state index in [-0.39, 0.29) is 34.4 Å². The van der Waals surface area contributed by atoms with Crippen molar-refractivity contribution in [3.05, 3.63) is 72.3 Å². The molecule has 0 radical (unpaired) electrons. The van der Waals surface area contributed by atoms with Crippen molar-refractivity contribution < 1.29 is 48.3 Å². The standard InChI is InChI=1S/C31H30F3N9O8S2/c1-43(2)23-13-9-8-12-20(23)35-28-37-29(39-30(38-28)49-3)36-21-14-15-24(53(47,48)50-4)17-16-22(42-51-52(5,45)46)26(27(44)25(17)21)41-40-19-11-7-6-10-18(19)31(32,33)34/h6-16,42,44H,1-5H3,(H2,35,36,37,38,39). The fraction of sp³-hybridized carbons (Fsp3) is 0.194. The number of fused-ring (bicyclic) bond motifs is 1. The van der Waals surface area contributed by atoms with E-state index in [1.165, 1.54) is 19.2 Å². The van der Waals surface area contributed by atoms with Crippen molar-refractivity contribution in [3.8, 4) is 11.8 Å². The van der Waals surface area contributed by atoms with Crippen LogP contribution in [-0.4, -0.2) is 71.5 Å². The number of hydrogen-bond acceptors (Lipinski definition) is 17. The fourth-order valence-corrected chi connectivity index (χ4v) is 5.93. The van der Waals surface area contributed by atoms with Crippen molar-refractivity contribution in [2.45, 2.75) is 11.1 Å². The highest BCUT2D eigenvalue weighted by Crippen LogP contribution is 2.48. The minimum absolute atomic E-state index is 0.0167. The number of aromatic hydroxyl groups is 1. The van der Waals surface area contributed by atoms with E-state index < -0.39 is 59.7 Å². The number of nitrogens with zero attached hydrogens (tertiary/aromatic N) is 6. The third-order valence-corrected chi connectivity index (χ3v) is 8.87. The van der Waals surface area contributed by atoms with E-state index >= 15 is 0 Å². The van der Waals surface area contributed by atoms with Gasteiger partial charge in [-0.25, -0.2) is 5.48 Å². The average Bonchev–Trinajstić information content (AvgIpc) is 3.09. The highest BCUT2D eigenvalue weighted by atomic mass is 32.2. The van der Waals surface area contributed by atoms with Crippen LogP contribution in [0.5, 0.6) is 11.8 Å². The number of hydrogen-bond donors (Lipinski definition) is 4. The molecular formula is C31H30F3N9O8S2. The zero-order valence-electron chi connectivity index (χ0n) is 28.3. The zero-order valence-corrected chi connectivity index (χ0v) is 29.9. The smallest absolute Gasteiger partial charge is 0.418 e. The number of alkyl halides is 3. The number of ether oxygens (including phenoxy) is 1. The summed E-state index contributed by atoms with van der Waals surface area (Å²) in [5.74, 6) is -1.04. The summed E-state index contributed by atoms with van der Waals surface area (Å²) in [4.78, 5) is 14.2. The van der Waals surface area contributed by atoms with Gasteiger partial charge in [-0.15, -0.1) is 10.2 Å². The van der Waals surface area contributed by atoms with Crippen molar-refractivity contribution >= 4 is 77.0 Å². The number of rotatable bonds is 13. The molecule has 22 heteroatoms. The number of azo groups is 1. The summed E-state index contributed by atoms with van der Waals surface area (Å²) in [6, 6.07) is 14.6. The van der Waals surface area contributed by atoms with Crippen LogP contribution in [0.1, 0.15) is 5.56 Å². The van der Waals surface area contributed by atoms with Crippen molar-refractivity contribution in [2.24, 2.45) is 10.2 Å². The van der Waals surface area contributed by atoms with E-state index in [9.17, 15) is 35.1 Å². The van der Waals surface area contributed by atoms with Crippen LogP contribution < -0.4 is 25.8 Å². The lowest BCUT2D eigenvalue weighted by Crippen LogP contribution is -2.12. The van der Waals surface area contributed by atoms with Gasteiger partial charge in [-0.1, -0.05) is 24.3 Å². The maximum Gasteiger partial charge on any atom is 0.418 e. The number of phenols is 1. The normalized spacial score (nSPS) is 12.2. The molecule has 0 bridgehead atoms.